The van der Waals surface area contributed by atoms with E-state index in [0.29, 0.717) is 37.4 Å². The highest BCUT2D eigenvalue weighted by molar-refractivity contribution is 7.92. The average molecular weight is 434 g/mol. The van der Waals surface area contributed by atoms with Gasteiger partial charge in [-0.1, -0.05) is 24.3 Å². The molecule has 30 heavy (non-hydrogen) atoms. The number of hydrogen-bond acceptors (Lipinski definition) is 5. The van der Waals surface area contributed by atoms with Crippen molar-refractivity contribution in [2.45, 2.75) is 25.5 Å². The van der Waals surface area contributed by atoms with Gasteiger partial charge in [0, 0.05) is 38.8 Å². The minimum absolute atomic E-state index is 0.117. The van der Waals surface area contributed by atoms with Crippen molar-refractivity contribution in [2.24, 2.45) is 0 Å². The molecule has 0 saturated carbocycles. The van der Waals surface area contributed by atoms with Gasteiger partial charge in [-0.25, -0.2) is 12.8 Å². The number of halogens is 1. The largest absolute Gasteiger partial charge is 0.387 e. The Morgan fingerprint density at radius 3 is 2.47 bits per heavy atom. The van der Waals surface area contributed by atoms with E-state index >= 15 is 0 Å². The Balaban J connectivity index is 1.39. The molecule has 0 spiro atoms. The number of anilines is 2. The Bertz CT molecular complexity index is 1020. The van der Waals surface area contributed by atoms with Crippen molar-refractivity contribution in [1.29, 1.82) is 0 Å². The summed E-state index contributed by atoms with van der Waals surface area (Å²) in [6, 6.07) is 12.2. The van der Waals surface area contributed by atoms with E-state index in [4.69, 9.17) is 0 Å². The number of aliphatic hydroxyl groups is 1. The maximum atomic E-state index is 14.0. The van der Waals surface area contributed by atoms with E-state index in [2.05, 4.69) is 4.90 Å². The lowest BCUT2D eigenvalue weighted by Gasteiger charge is -2.37. The summed E-state index contributed by atoms with van der Waals surface area (Å²) in [6.07, 6.45) is 1.21. The Labute approximate surface area is 177 Å². The Kier molecular flexibility index (Phi) is 5.74. The van der Waals surface area contributed by atoms with Crippen molar-refractivity contribution in [3.05, 3.63) is 59.4 Å². The van der Waals surface area contributed by atoms with Crippen molar-refractivity contribution in [2.75, 3.05) is 48.2 Å². The molecule has 2 aromatic rings. The first-order valence-electron chi connectivity index (χ1n) is 10.3. The van der Waals surface area contributed by atoms with Crippen LogP contribution in [0.25, 0.3) is 0 Å². The number of β-amino-alcohol motifs (C(OH)–C–C–N with tert-alkyl or cyclic N) is 1. The summed E-state index contributed by atoms with van der Waals surface area (Å²) < 4.78 is 39.6. The van der Waals surface area contributed by atoms with Gasteiger partial charge in [-0.3, -0.25) is 9.21 Å². The third-order valence-corrected chi connectivity index (χ3v) is 7.27. The smallest absolute Gasteiger partial charge is 0.232 e. The highest BCUT2D eigenvalue weighted by Gasteiger charge is 2.33. The van der Waals surface area contributed by atoms with Crippen molar-refractivity contribution >= 4 is 21.4 Å². The van der Waals surface area contributed by atoms with Crippen LogP contribution in [0.4, 0.5) is 15.8 Å². The van der Waals surface area contributed by atoms with E-state index in [1.807, 2.05) is 30.0 Å². The van der Waals surface area contributed by atoms with Gasteiger partial charge in [-0.15, -0.1) is 0 Å². The van der Waals surface area contributed by atoms with Crippen LogP contribution in [0.15, 0.2) is 42.5 Å². The van der Waals surface area contributed by atoms with Gasteiger partial charge >= 0.3 is 0 Å². The van der Waals surface area contributed by atoms with Crippen LogP contribution < -0.4 is 9.21 Å². The predicted molar refractivity (Wildman–Crippen MR) is 117 cm³/mol. The summed E-state index contributed by atoms with van der Waals surface area (Å²) in [6.45, 7) is 5.29. The third kappa shape index (κ3) is 4.17. The molecule has 2 aliphatic rings. The molecule has 0 radical (unpaired) electrons. The summed E-state index contributed by atoms with van der Waals surface area (Å²) in [5.74, 6) is -0.207. The number of para-hydroxylation sites is 1. The maximum Gasteiger partial charge on any atom is 0.232 e. The number of rotatable bonds is 5. The maximum absolute atomic E-state index is 14.0. The zero-order chi connectivity index (χ0) is 21.5. The average Bonchev–Trinajstić information content (AvgIpc) is 3.04. The van der Waals surface area contributed by atoms with Gasteiger partial charge in [0.1, 0.15) is 5.82 Å². The van der Waals surface area contributed by atoms with Crippen molar-refractivity contribution in [1.82, 2.24) is 4.90 Å². The zero-order valence-electron chi connectivity index (χ0n) is 17.3. The Hall–Kier alpha value is -2.16. The molecular formula is C22H28FN3O3S. The van der Waals surface area contributed by atoms with Gasteiger partial charge in [0.05, 0.1) is 23.7 Å². The molecule has 0 amide bonds. The topological polar surface area (TPSA) is 64.1 Å². The molecule has 2 heterocycles. The second-order valence-electron chi connectivity index (χ2n) is 8.25. The fraction of sp³-hybridized carbons (Fsp3) is 0.455. The first-order valence-corrected chi connectivity index (χ1v) is 12.1. The monoisotopic (exact) mass is 433 g/mol. The van der Waals surface area contributed by atoms with E-state index in [9.17, 15) is 17.9 Å². The van der Waals surface area contributed by atoms with E-state index in [1.165, 1.54) is 16.6 Å². The van der Waals surface area contributed by atoms with Crippen molar-refractivity contribution < 1.29 is 17.9 Å². The number of hydrogen-bond donors (Lipinski definition) is 1. The first kappa shape index (κ1) is 21.1. The number of sulfonamides is 1. The highest BCUT2D eigenvalue weighted by atomic mass is 32.2. The lowest BCUT2D eigenvalue weighted by Crippen LogP contribution is -2.47. The molecular weight excluding hydrogens is 405 g/mol. The summed E-state index contributed by atoms with van der Waals surface area (Å²) in [7, 11) is -3.32. The van der Waals surface area contributed by atoms with Gasteiger partial charge in [0.2, 0.25) is 10.0 Å². The molecule has 1 fully saturated rings. The SMILES string of the molecule is C[C@H]1Cc2cc([C@H](O)CN3CCN(c4ccccc4F)CC3)ccc2N1S(C)(=O)=O. The molecule has 2 aliphatic heterocycles. The second-order valence-corrected chi connectivity index (χ2v) is 10.1. The quantitative estimate of drug-likeness (QED) is 0.785. The fourth-order valence-electron chi connectivity index (χ4n) is 4.56. The van der Waals surface area contributed by atoms with Gasteiger partial charge < -0.3 is 10.0 Å². The molecule has 0 unspecified atom stereocenters. The van der Waals surface area contributed by atoms with Crippen LogP contribution in [-0.2, 0) is 16.4 Å². The van der Waals surface area contributed by atoms with Crippen LogP contribution in [0.2, 0.25) is 0 Å². The molecule has 8 heteroatoms. The summed E-state index contributed by atoms with van der Waals surface area (Å²) >= 11 is 0. The van der Waals surface area contributed by atoms with E-state index in [1.54, 1.807) is 18.2 Å². The number of benzene rings is 2. The third-order valence-electron chi connectivity index (χ3n) is 6.00. The van der Waals surface area contributed by atoms with Crippen LogP contribution in [0.5, 0.6) is 0 Å². The van der Waals surface area contributed by atoms with E-state index < -0.39 is 16.1 Å². The lowest BCUT2D eigenvalue weighted by atomic mass is 10.0. The van der Waals surface area contributed by atoms with Crippen LogP contribution in [0.1, 0.15) is 24.2 Å². The van der Waals surface area contributed by atoms with Gasteiger partial charge in [0.25, 0.3) is 0 Å². The molecule has 162 valence electrons. The van der Waals surface area contributed by atoms with Gasteiger partial charge in [0.15, 0.2) is 0 Å². The van der Waals surface area contributed by atoms with Gasteiger partial charge in [-0.2, -0.15) is 0 Å². The van der Waals surface area contributed by atoms with Crippen LogP contribution in [0, 0.1) is 5.82 Å². The predicted octanol–water partition coefficient (Wildman–Crippen LogP) is 2.39. The summed E-state index contributed by atoms with van der Waals surface area (Å²) in [4.78, 5) is 4.22. The van der Waals surface area contributed by atoms with Gasteiger partial charge in [-0.05, 0) is 42.7 Å². The van der Waals surface area contributed by atoms with Crippen molar-refractivity contribution in [3.8, 4) is 0 Å². The first-order chi connectivity index (χ1) is 14.2. The van der Waals surface area contributed by atoms with Crippen LogP contribution in [-0.4, -0.2) is 63.4 Å². The number of aliphatic hydroxyl groups excluding tert-OH is 1. The molecule has 1 saturated heterocycles. The molecule has 0 aromatic heterocycles. The molecule has 0 bridgehead atoms. The molecule has 2 aromatic carbocycles. The van der Waals surface area contributed by atoms with E-state index in [0.717, 1.165) is 24.2 Å². The van der Waals surface area contributed by atoms with Crippen molar-refractivity contribution in [3.63, 3.8) is 0 Å². The number of fused-ring (bicyclic) bond motifs is 1. The standard InChI is InChI=1S/C22H28FN3O3S/c1-16-13-18-14-17(7-8-20(18)26(16)30(2,28)29)22(27)15-24-9-11-25(12-10-24)21-6-4-3-5-19(21)23/h3-8,14,16,22,27H,9-13,15H2,1-2H3/t16-,22+/m0/s1. The Morgan fingerprint density at radius 1 is 1.10 bits per heavy atom. The van der Waals surface area contributed by atoms with E-state index in [-0.39, 0.29) is 11.9 Å². The van der Waals surface area contributed by atoms with Crippen LogP contribution >= 0.6 is 0 Å². The molecule has 6 nitrogen and oxygen atoms in total. The zero-order valence-corrected chi connectivity index (χ0v) is 18.1. The lowest BCUT2D eigenvalue weighted by molar-refractivity contribution is 0.109. The minimum atomic E-state index is -3.32. The number of nitrogens with zero attached hydrogens (tertiary/aromatic N) is 3. The minimum Gasteiger partial charge on any atom is -0.387 e. The molecule has 4 rings (SSSR count). The molecule has 0 aliphatic carbocycles. The summed E-state index contributed by atoms with van der Waals surface area (Å²) in [5, 5.41) is 10.8. The normalized spacial score (nSPS) is 21.0. The summed E-state index contributed by atoms with van der Waals surface area (Å²) in [5.41, 5.74) is 3.09. The fourth-order valence-corrected chi connectivity index (χ4v) is 5.83. The Morgan fingerprint density at radius 2 is 1.80 bits per heavy atom. The molecule has 2 atom stereocenters. The second kappa shape index (κ2) is 8.17. The van der Waals surface area contributed by atoms with Crippen LogP contribution in [0.3, 0.4) is 0 Å². The number of piperazine rings is 1. The highest BCUT2D eigenvalue weighted by Crippen LogP contribution is 2.36. The molecule has 1 N–H and O–H groups in total.